The molecule has 100 valence electrons. The Morgan fingerprint density at radius 1 is 1.21 bits per heavy atom. The Kier molecular flexibility index (Phi) is 3.43. The van der Waals surface area contributed by atoms with Crippen molar-refractivity contribution in [3.63, 3.8) is 0 Å². The van der Waals surface area contributed by atoms with Crippen molar-refractivity contribution in [3.8, 4) is 11.6 Å². The predicted molar refractivity (Wildman–Crippen MR) is 73.8 cm³/mol. The number of aromatic hydroxyl groups is 1. The maximum absolute atomic E-state index is 11.9. The number of rotatable bonds is 1. The minimum Gasteiger partial charge on any atom is -0.494 e. The smallest absolute Gasteiger partial charge is 0.335 e. The molecule has 2 aromatic rings. The van der Waals surface area contributed by atoms with Gasteiger partial charge in [-0.1, -0.05) is 29.3 Å². The number of nitrogens with one attached hydrogen (secondary N) is 1. The van der Waals surface area contributed by atoms with E-state index in [9.17, 15) is 14.7 Å². The monoisotopic (exact) mass is 300 g/mol. The molecule has 0 unspecified atom stereocenters. The highest BCUT2D eigenvalue weighted by Crippen LogP contribution is 2.32. The van der Waals surface area contributed by atoms with Gasteiger partial charge in [0.25, 0.3) is 5.56 Å². The molecule has 0 aliphatic heterocycles. The van der Waals surface area contributed by atoms with E-state index in [2.05, 4.69) is 4.98 Å². The van der Waals surface area contributed by atoms with Crippen LogP contribution in [-0.2, 0) is 0 Å². The van der Waals surface area contributed by atoms with E-state index in [1.54, 1.807) is 19.1 Å². The Hall–Kier alpha value is -1.72. The molecule has 1 aromatic carbocycles. The van der Waals surface area contributed by atoms with E-state index in [0.29, 0.717) is 5.56 Å². The van der Waals surface area contributed by atoms with Crippen molar-refractivity contribution < 1.29 is 5.11 Å². The fraction of sp³-hybridized carbons (Fsp3) is 0.167. The van der Waals surface area contributed by atoms with Gasteiger partial charge in [0, 0.05) is 0 Å². The van der Waals surface area contributed by atoms with Crippen molar-refractivity contribution in [2.24, 2.45) is 0 Å². The Morgan fingerprint density at radius 2 is 1.84 bits per heavy atom. The summed E-state index contributed by atoms with van der Waals surface area (Å²) < 4.78 is 0.883. The third-order valence-electron chi connectivity index (χ3n) is 2.79. The number of hydrogen-bond acceptors (Lipinski definition) is 3. The first-order valence-electron chi connectivity index (χ1n) is 5.34. The van der Waals surface area contributed by atoms with Crippen LogP contribution in [0.25, 0.3) is 5.69 Å². The number of aromatic amines is 1. The number of aromatic nitrogens is 2. The molecule has 0 fully saturated rings. The van der Waals surface area contributed by atoms with Crippen LogP contribution in [0, 0.1) is 13.8 Å². The first kappa shape index (κ1) is 13.7. The first-order chi connectivity index (χ1) is 8.84. The van der Waals surface area contributed by atoms with Gasteiger partial charge in [0.2, 0.25) is 5.88 Å². The molecule has 0 spiro atoms. The Bertz CT molecular complexity index is 778. The van der Waals surface area contributed by atoms with Crippen molar-refractivity contribution in [2.75, 3.05) is 0 Å². The average molecular weight is 301 g/mol. The number of H-pyrrole nitrogens is 1. The molecule has 2 N–H and O–H groups in total. The summed E-state index contributed by atoms with van der Waals surface area (Å²) in [5, 5.41) is 10.4. The van der Waals surface area contributed by atoms with Crippen LogP contribution in [0.3, 0.4) is 0 Å². The zero-order chi connectivity index (χ0) is 14.3. The van der Waals surface area contributed by atoms with Crippen LogP contribution in [-0.4, -0.2) is 14.7 Å². The average Bonchev–Trinajstić information content (AvgIpc) is 2.35. The van der Waals surface area contributed by atoms with Gasteiger partial charge in [-0.15, -0.1) is 0 Å². The molecule has 0 aliphatic carbocycles. The summed E-state index contributed by atoms with van der Waals surface area (Å²) in [5.41, 5.74) is -0.615. The van der Waals surface area contributed by atoms with Crippen LogP contribution in [0.4, 0.5) is 0 Å². The molecule has 7 heteroatoms. The minimum absolute atomic E-state index is 0.00763. The maximum Gasteiger partial charge on any atom is 0.335 e. The molecule has 5 nitrogen and oxygen atoms in total. The lowest BCUT2D eigenvalue weighted by atomic mass is 10.2. The van der Waals surface area contributed by atoms with E-state index in [-0.39, 0.29) is 21.3 Å². The van der Waals surface area contributed by atoms with Gasteiger partial charge in [-0.2, -0.15) is 0 Å². The zero-order valence-electron chi connectivity index (χ0n) is 10.1. The van der Waals surface area contributed by atoms with Gasteiger partial charge < -0.3 is 5.11 Å². The molecule has 0 amide bonds. The lowest BCUT2D eigenvalue weighted by Crippen LogP contribution is -2.30. The number of benzene rings is 1. The van der Waals surface area contributed by atoms with Crippen LogP contribution in [0.5, 0.6) is 5.88 Å². The lowest BCUT2D eigenvalue weighted by Gasteiger charge is -2.14. The van der Waals surface area contributed by atoms with E-state index in [4.69, 9.17) is 23.2 Å². The first-order valence-corrected chi connectivity index (χ1v) is 6.10. The lowest BCUT2D eigenvalue weighted by molar-refractivity contribution is 0.426. The second kappa shape index (κ2) is 4.75. The fourth-order valence-corrected chi connectivity index (χ4v) is 2.21. The molecule has 0 aliphatic rings. The van der Waals surface area contributed by atoms with Gasteiger partial charge in [0.1, 0.15) is 0 Å². The summed E-state index contributed by atoms with van der Waals surface area (Å²) in [4.78, 5) is 25.3. The highest BCUT2D eigenvalue weighted by atomic mass is 35.5. The Balaban J connectivity index is 2.96. The van der Waals surface area contributed by atoms with Gasteiger partial charge >= 0.3 is 5.69 Å². The molecule has 1 aromatic heterocycles. The molecule has 0 atom stereocenters. The van der Waals surface area contributed by atoms with Crippen molar-refractivity contribution in [2.45, 2.75) is 13.8 Å². The van der Waals surface area contributed by atoms with Gasteiger partial charge in [0.15, 0.2) is 0 Å². The molecule has 19 heavy (non-hydrogen) atoms. The van der Waals surface area contributed by atoms with Crippen LogP contribution >= 0.6 is 23.2 Å². The van der Waals surface area contributed by atoms with Crippen molar-refractivity contribution >= 4 is 23.2 Å². The maximum atomic E-state index is 11.9. The molecule has 0 radical (unpaired) electrons. The fourth-order valence-electron chi connectivity index (χ4n) is 1.67. The summed E-state index contributed by atoms with van der Waals surface area (Å²) in [5.74, 6) is -0.483. The molecule has 0 saturated heterocycles. The van der Waals surface area contributed by atoms with Gasteiger partial charge in [0.05, 0.1) is 21.3 Å². The van der Waals surface area contributed by atoms with E-state index in [0.717, 1.165) is 4.57 Å². The number of nitrogens with zero attached hydrogens (tertiary/aromatic N) is 1. The zero-order valence-corrected chi connectivity index (χ0v) is 11.6. The standard InChI is InChI=1S/C12H10Cl2N2O3/c1-5-3-4-7(13)9(8(5)14)16-11(18)6(2)10(17)15-12(16)19/h3-4,18H,1-2H3,(H,15,17,19). The predicted octanol–water partition coefficient (Wildman–Crippen LogP) is 2.16. The summed E-state index contributed by atoms with van der Waals surface area (Å²) in [6.45, 7) is 3.13. The summed E-state index contributed by atoms with van der Waals surface area (Å²) in [7, 11) is 0. The molecule has 0 bridgehead atoms. The third kappa shape index (κ3) is 2.15. The third-order valence-corrected chi connectivity index (χ3v) is 3.58. The highest BCUT2D eigenvalue weighted by Gasteiger charge is 2.18. The van der Waals surface area contributed by atoms with Gasteiger partial charge in [-0.3, -0.25) is 9.78 Å². The second-order valence-corrected chi connectivity index (χ2v) is 4.86. The van der Waals surface area contributed by atoms with Crippen LogP contribution in [0.2, 0.25) is 10.0 Å². The largest absolute Gasteiger partial charge is 0.494 e. The topological polar surface area (TPSA) is 75.1 Å². The number of hydrogen-bond donors (Lipinski definition) is 2. The van der Waals surface area contributed by atoms with Crippen molar-refractivity contribution in [1.29, 1.82) is 0 Å². The Morgan fingerprint density at radius 3 is 2.47 bits per heavy atom. The second-order valence-electron chi connectivity index (χ2n) is 4.07. The van der Waals surface area contributed by atoms with Gasteiger partial charge in [-0.25, -0.2) is 9.36 Å². The van der Waals surface area contributed by atoms with Crippen LogP contribution in [0.15, 0.2) is 21.7 Å². The summed E-state index contributed by atoms with van der Waals surface area (Å²) in [6.07, 6.45) is 0. The van der Waals surface area contributed by atoms with Crippen molar-refractivity contribution in [3.05, 3.63) is 54.1 Å². The highest BCUT2D eigenvalue weighted by molar-refractivity contribution is 6.38. The number of halogens is 2. The molecular weight excluding hydrogens is 291 g/mol. The van der Waals surface area contributed by atoms with E-state index >= 15 is 0 Å². The quantitative estimate of drug-likeness (QED) is 0.847. The summed E-state index contributed by atoms with van der Waals surface area (Å²) >= 11 is 12.1. The van der Waals surface area contributed by atoms with E-state index in [1.807, 2.05) is 0 Å². The molecule has 1 heterocycles. The molecule has 2 rings (SSSR count). The number of aryl methyl sites for hydroxylation is 1. The van der Waals surface area contributed by atoms with E-state index in [1.165, 1.54) is 6.92 Å². The van der Waals surface area contributed by atoms with Crippen LogP contribution < -0.4 is 11.2 Å². The molecular formula is C12H10Cl2N2O3. The molecule has 0 saturated carbocycles. The normalized spacial score (nSPS) is 10.7. The van der Waals surface area contributed by atoms with Gasteiger partial charge in [-0.05, 0) is 25.5 Å². The summed E-state index contributed by atoms with van der Waals surface area (Å²) in [6, 6.07) is 3.25. The van der Waals surface area contributed by atoms with Crippen molar-refractivity contribution in [1.82, 2.24) is 9.55 Å². The van der Waals surface area contributed by atoms with Crippen LogP contribution in [0.1, 0.15) is 11.1 Å². The Labute approximate surface area is 118 Å². The SMILES string of the molecule is Cc1ccc(Cl)c(-n2c(O)c(C)c(=O)[nH]c2=O)c1Cl. The van der Waals surface area contributed by atoms with E-state index < -0.39 is 17.1 Å². The minimum atomic E-state index is -0.803.